The monoisotopic (exact) mass is 161 g/mol. The van der Waals surface area contributed by atoms with Gasteiger partial charge in [0.2, 0.25) is 0 Å². The summed E-state index contributed by atoms with van der Waals surface area (Å²) in [6, 6.07) is 2.79. The van der Waals surface area contributed by atoms with Gasteiger partial charge in [0.25, 0.3) is 0 Å². The Morgan fingerprint density at radius 2 is 2.50 bits per heavy atom. The fraction of sp³-hybridized carbons (Fsp3) is 0.556. The molecule has 0 atom stereocenters. The van der Waals surface area contributed by atoms with E-state index in [0.29, 0.717) is 12.5 Å². The maximum absolute atomic E-state index is 8.38. The second-order valence-corrected chi connectivity index (χ2v) is 3.22. The Bertz CT molecular complexity index is 304. The summed E-state index contributed by atoms with van der Waals surface area (Å²) in [5.41, 5.74) is 1.18. The predicted molar refractivity (Wildman–Crippen MR) is 44.4 cm³/mol. The van der Waals surface area contributed by atoms with E-state index in [1.54, 1.807) is 0 Å². The maximum atomic E-state index is 8.38. The van der Waals surface area contributed by atoms with Crippen molar-refractivity contribution < 1.29 is 0 Å². The number of aromatic nitrogens is 2. The molecule has 0 bridgehead atoms. The first-order valence-electron chi connectivity index (χ1n) is 4.30. The minimum atomic E-state index is 0.594. The van der Waals surface area contributed by atoms with Crippen molar-refractivity contribution in [2.24, 2.45) is 0 Å². The Kier molecular flexibility index (Phi) is 1.83. The molecule has 1 saturated carbocycles. The molecule has 2 rings (SSSR count). The molecule has 1 aliphatic rings. The van der Waals surface area contributed by atoms with Crippen molar-refractivity contribution in [1.82, 2.24) is 9.78 Å². The molecule has 0 aliphatic heterocycles. The molecule has 3 heteroatoms. The van der Waals surface area contributed by atoms with Crippen LogP contribution in [-0.4, -0.2) is 9.78 Å². The molecule has 0 N–H and O–H groups in total. The standard InChI is InChI=1S/C9H11N3/c10-5-1-2-8-6-11-12(7-8)9-3-4-9/h6-7,9H,1-4H2. The highest BCUT2D eigenvalue weighted by molar-refractivity contribution is 5.07. The van der Waals surface area contributed by atoms with E-state index in [2.05, 4.69) is 17.4 Å². The van der Waals surface area contributed by atoms with Crippen molar-refractivity contribution in [3.8, 4) is 6.07 Å². The molecule has 1 heterocycles. The normalized spacial score (nSPS) is 15.9. The van der Waals surface area contributed by atoms with Crippen LogP contribution in [0.1, 0.15) is 30.9 Å². The van der Waals surface area contributed by atoms with E-state index in [-0.39, 0.29) is 0 Å². The van der Waals surface area contributed by atoms with Crippen molar-refractivity contribution in [2.75, 3.05) is 0 Å². The lowest BCUT2D eigenvalue weighted by atomic mass is 10.2. The van der Waals surface area contributed by atoms with Crippen LogP contribution in [-0.2, 0) is 6.42 Å². The quantitative estimate of drug-likeness (QED) is 0.676. The van der Waals surface area contributed by atoms with Gasteiger partial charge in [-0.05, 0) is 24.8 Å². The molecule has 0 amide bonds. The van der Waals surface area contributed by atoms with Crippen LogP contribution in [0.25, 0.3) is 0 Å². The molecule has 3 nitrogen and oxygen atoms in total. The zero-order valence-electron chi connectivity index (χ0n) is 6.90. The van der Waals surface area contributed by atoms with Crippen LogP contribution in [0.3, 0.4) is 0 Å². The fourth-order valence-corrected chi connectivity index (χ4v) is 1.25. The van der Waals surface area contributed by atoms with Crippen LogP contribution in [0.5, 0.6) is 0 Å². The zero-order valence-corrected chi connectivity index (χ0v) is 6.90. The van der Waals surface area contributed by atoms with E-state index < -0.39 is 0 Å². The van der Waals surface area contributed by atoms with E-state index >= 15 is 0 Å². The molecule has 1 aromatic heterocycles. The lowest BCUT2D eigenvalue weighted by molar-refractivity contribution is 0.641. The Morgan fingerprint density at radius 3 is 3.17 bits per heavy atom. The summed E-state index contributed by atoms with van der Waals surface area (Å²) < 4.78 is 2.02. The van der Waals surface area contributed by atoms with Crippen LogP contribution in [0.2, 0.25) is 0 Å². The molecule has 0 aromatic carbocycles. The van der Waals surface area contributed by atoms with Gasteiger partial charge in [0.15, 0.2) is 0 Å². The highest BCUT2D eigenvalue weighted by Gasteiger charge is 2.23. The summed E-state index contributed by atoms with van der Waals surface area (Å²) in [4.78, 5) is 0. The minimum Gasteiger partial charge on any atom is -0.269 e. The summed E-state index contributed by atoms with van der Waals surface area (Å²) in [5.74, 6) is 0. The van der Waals surface area contributed by atoms with Gasteiger partial charge in [0.1, 0.15) is 0 Å². The molecule has 1 aromatic rings. The second kappa shape index (κ2) is 2.98. The lowest BCUT2D eigenvalue weighted by Gasteiger charge is -1.92. The summed E-state index contributed by atoms with van der Waals surface area (Å²) >= 11 is 0. The molecule has 0 radical (unpaired) electrons. The molecule has 0 unspecified atom stereocenters. The zero-order chi connectivity index (χ0) is 8.39. The minimum absolute atomic E-state index is 0.594. The average Bonchev–Trinajstić information content (AvgIpc) is 2.83. The van der Waals surface area contributed by atoms with E-state index in [0.717, 1.165) is 6.42 Å². The summed E-state index contributed by atoms with van der Waals surface area (Å²) in [6.45, 7) is 0. The molecule has 62 valence electrons. The predicted octanol–water partition coefficient (Wildman–Crippen LogP) is 1.67. The molecular weight excluding hydrogens is 150 g/mol. The first-order valence-corrected chi connectivity index (χ1v) is 4.30. The average molecular weight is 161 g/mol. The number of nitriles is 1. The molecule has 1 fully saturated rings. The number of hydrogen-bond acceptors (Lipinski definition) is 2. The third kappa shape index (κ3) is 1.48. The van der Waals surface area contributed by atoms with Gasteiger partial charge >= 0.3 is 0 Å². The van der Waals surface area contributed by atoms with Gasteiger partial charge in [-0.25, -0.2) is 0 Å². The van der Waals surface area contributed by atoms with Crippen molar-refractivity contribution in [3.05, 3.63) is 18.0 Å². The Hall–Kier alpha value is -1.30. The van der Waals surface area contributed by atoms with E-state index in [4.69, 9.17) is 5.26 Å². The number of hydrogen-bond donors (Lipinski definition) is 0. The highest BCUT2D eigenvalue weighted by Crippen LogP contribution is 2.33. The number of aryl methyl sites for hydroxylation is 1. The largest absolute Gasteiger partial charge is 0.269 e. The lowest BCUT2D eigenvalue weighted by Crippen LogP contribution is -1.92. The van der Waals surface area contributed by atoms with Crippen LogP contribution in [0.15, 0.2) is 12.4 Å². The molecule has 0 spiro atoms. The van der Waals surface area contributed by atoms with Gasteiger partial charge in [0, 0.05) is 12.6 Å². The van der Waals surface area contributed by atoms with Crippen LogP contribution in [0, 0.1) is 11.3 Å². The van der Waals surface area contributed by atoms with Crippen LogP contribution >= 0.6 is 0 Å². The summed E-state index contributed by atoms with van der Waals surface area (Å²) in [6.07, 6.45) is 7.89. The Morgan fingerprint density at radius 1 is 1.67 bits per heavy atom. The van der Waals surface area contributed by atoms with Gasteiger partial charge in [-0.3, -0.25) is 4.68 Å². The molecular formula is C9H11N3. The van der Waals surface area contributed by atoms with Crippen molar-refractivity contribution in [1.29, 1.82) is 5.26 Å². The molecule has 0 saturated heterocycles. The summed E-state index contributed by atoms with van der Waals surface area (Å²) in [7, 11) is 0. The number of rotatable bonds is 3. The molecule has 12 heavy (non-hydrogen) atoms. The topological polar surface area (TPSA) is 41.6 Å². The SMILES string of the molecule is N#CCCc1cnn(C2CC2)c1. The highest BCUT2D eigenvalue weighted by atomic mass is 15.3. The van der Waals surface area contributed by atoms with Gasteiger partial charge in [-0.2, -0.15) is 10.4 Å². The van der Waals surface area contributed by atoms with E-state index in [1.165, 1.54) is 18.4 Å². The van der Waals surface area contributed by atoms with Crippen molar-refractivity contribution in [3.63, 3.8) is 0 Å². The smallest absolute Gasteiger partial charge is 0.0625 e. The van der Waals surface area contributed by atoms with E-state index in [9.17, 15) is 0 Å². The third-order valence-electron chi connectivity index (χ3n) is 2.10. The Balaban J connectivity index is 1.99. The first kappa shape index (κ1) is 7.35. The molecule has 1 aliphatic carbocycles. The van der Waals surface area contributed by atoms with Gasteiger partial charge < -0.3 is 0 Å². The fourth-order valence-electron chi connectivity index (χ4n) is 1.25. The second-order valence-electron chi connectivity index (χ2n) is 3.22. The maximum Gasteiger partial charge on any atom is 0.0625 e. The number of nitrogens with zero attached hydrogens (tertiary/aromatic N) is 3. The van der Waals surface area contributed by atoms with Gasteiger partial charge in [0.05, 0.1) is 18.3 Å². The van der Waals surface area contributed by atoms with Crippen molar-refractivity contribution >= 4 is 0 Å². The van der Waals surface area contributed by atoms with Gasteiger partial charge in [-0.1, -0.05) is 0 Å². The summed E-state index contributed by atoms with van der Waals surface area (Å²) in [5, 5.41) is 12.6. The van der Waals surface area contributed by atoms with Crippen LogP contribution < -0.4 is 0 Å². The third-order valence-corrected chi connectivity index (χ3v) is 2.10. The van der Waals surface area contributed by atoms with Crippen LogP contribution in [0.4, 0.5) is 0 Å². The van der Waals surface area contributed by atoms with Gasteiger partial charge in [-0.15, -0.1) is 0 Å². The first-order chi connectivity index (χ1) is 5.90. The van der Waals surface area contributed by atoms with Crippen molar-refractivity contribution in [2.45, 2.75) is 31.7 Å². The Labute approximate surface area is 71.6 Å². The van der Waals surface area contributed by atoms with E-state index in [1.807, 2.05) is 10.9 Å².